The molecule has 0 saturated heterocycles. The SMILES string of the molecule is COc1ccccc1[NH+]=c1oc2c(C)ncc(CO)c2cc1C(N)=O. The quantitative estimate of drug-likeness (QED) is 0.621. The van der Waals surface area contributed by atoms with E-state index in [2.05, 4.69) is 9.98 Å². The number of para-hydroxylation sites is 2. The lowest BCUT2D eigenvalue weighted by Crippen LogP contribution is -2.71. The average Bonchev–Trinajstić information content (AvgIpc) is 2.62. The van der Waals surface area contributed by atoms with E-state index in [9.17, 15) is 9.90 Å². The Labute approximate surface area is 143 Å². The largest absolute Gasteiger partial charge is 0.490 e. The number of aryl methyl sites for hydroxylation is 1. The number of aromatic nitrogens is 1. The van der Waals surface area contributed by atoms with Crippen molar-refractivity contribution in [3.8, 4) is 5.75 Å². The number of methoxy groups -OCH3 is 1. The van der Waals surface area contributed by atoms with Gasteiger partial charge in [-0.25, -0.2) is 0 Å². The fourth-order valence-electron chi connectivity index (χ4n) is 2.57. The highest BCUT2D eigenvalue weighted by molar-refractivity contribution is 5.96. The molecule has 0 unspecified atom stereocenters. The zero-order chi connectivity index (χ0) is 18.0. The van der Waals surface area contributed by atoms with E-state index in [-0.39, 0.29) is 17.7 Å². The van der Waals surface area contributed by atoms with Crippen molar-refractivity contribution < 1.29 is 24.0 Å². The van der Waals surface area contributed by atoms with E-state index in [4.69, 9.17) is 14.9 Å². The van der Waals surface area contributed by atoms with Crippen LogP contribution in [-0.2, 0) is 6.61 Å². The lowest BCUT2D eigenvalue weighted by molar-refractivity contribution is -0.418. The van der Waals surface area contributed by atoms with Crippen molar-refractivity contribution in [1.29, 1.82) is 0 Å². The average molecular weight is 340 g/mol. The molecule has 3 aromatic rings. The third kappa shape index (κ3) is 3.09. The molecule has 3 rings (SSSR count). The van der Waals surface area contributed by atoms with Crippen molar-refractivity contribution in [2.45, 2.75) is 13.5 Å². The molecule has 0 atom stereocenters. The summed E-state index contributed by atoms with van der Waals surface area (Å²) in [5.74, 6) is -0.0615. The van der Waals surface area contributed by atoms with Gasteiger partial charge in [-0.05, 0) is 19.1 Å². The number of hydrogen-bond donors (Lipinski definition) is 3. The van der Waals surface area contributed by atoms with Gasteiger partial charge in [0.05, 0.1) is 19.4 Å². The number of fused-ring (bicyclic) bond motifs is 1. The molecule has 128 valence electrons. The Kier molecular flexibility index (Phi) is 4.49. The molecule has 0 radical (unpaired) electrons. The molecule has 0 fully saturated rings. The van der Waals surface area contributed by atoms with Crippen molar-refractivity contribution in [3.63, 3.8) is 0 Å². The summed E-state index contributed by atoms with van der Waals surface area (Å²) in [7, 11) is 1.55. The zero-order valence-corrected chi connectivity index (χ0v) is 13.9. The standard InChI is InChI=1S/C18H17N3O4/c1-10-16-12(11(9-22)8-20-10)7-13(17(19)23)18(25-16)21-14-5-3-4-6-15(14)24-2/h3-8,22H,9H2,1-2H3,(H2,19,23)/p+1. The van der Waals surface area contributed by atoms with Crippen LogP contribution in [0, 0.1) is 6.92 Å². The smallest absolute Gasteiger partial charge is 0.385 e. The van der Waals surface area contributed by atoms with E-state index in [1.165, 1.54) is 0 Å². The van der Waals surface area contributed by atoms with Crippen molar-refractivity contribution >= 4 is 22.6 Å². The number of benzene rings is 1. The van der Waals surface area contributed by atoms with Gasteiger partial charge in [0.15, 0.2) is 16.9 Å². The van der Waals surface area contributed by atoms with Crippen molar-refractivity contribution in [1.82, 2.24) is 4.98 Å². The van der Waals surface area contributed by atoms with Gasteiger partial charge in [0.1, 0.15) is 0 Å². The first kappa shape index (κ1) is 16.7. The van der Waals surface area contributed by atoms with E-state index in [1.807, 2.05) is 12.1 Å². The zero-order valence-electron chi connectivity index (χ0n) is 13.9. The van der Waals surface area contributed by atoms with Gasteiger partial charge in [0, 0.05) is 23.2 Å². The summed E-state index contributed by atoms with van der Waals surface area (Å²) in [5.41, 5.74) is 8.13. The maximum Gasteiger partial charge on any atom is 0.385 e. The lowest BCUT2D eigenvalue weighted by atomic mass is 10.1. The Bertz CT molecular complexity index is 1020. The predicted molar refractivity (Wildman–Crippen MR) is 89.9 cm³/mol. The summed E-state index contributed by atoms with van der Waals surface area (Å²) in [4.78, 5) is 19.2. The van der Waals surface area contributed by atoms with E-state index in [0.717, 1.165) is 0 Å². The molecule has 1 amide bonds. The fourth-order valence-corrected chi connectivity index (χ4v) is 2.57. The summed E-state index contributed by atoms with van der Waals surface area (Å²) in [6.45, 7) is 1.56. The number of pyridine rings is 1. The molecule has 0 bridgehead atoms. The molecular formula is C18H18N3O4+. The van der Waals surface area contributed by atoms with E-state index >= 15 is 0 Å². The number of aliphatic hydroxyl groups excluding tert-OH is 1. The molecule has 0 aliphatic heterocycles. The molecule has 1 aromatic carbocycles. The number of nitrogens with two attached hydrogens (primary N) is 1. The van der Waals surface area contributed by atoms with Crippen molar-refractivity contribution in [2.24, 2.45) is 5.73 Å². The van der Waals surface area contributed by atoms with E-state index < -0.39 is 5.91 Å². The molecule has 7 nitrogen and oxygen atoms in total. The van der Waals surface area contributed by atoms with Gasteiger partial charge in [-0.15, -0.1) is 0 Å². The lowest BCUT2D eigenvalue weighted by Gasteiger charge is -2.06. The maximum absolute atomic E-state index is 11.9. The Morgan fingerprint density at radius 2 is 2.16 bits per heavy atom. The first-order valence-electron chi connectivity index (χ1n) is 7.61. The van der Waals surface area contributed by atoms with Crippen LogP contribution in [0.2, 0.25) is 0 Å². The fraction of sp³-hybridized carbons (Fsp3) is 0.167. The van der Waals surface area contributed by atoms with Crippen LogP contribution in [0.25, 0.3) is 11.0 Å². The van der Waals surface area contributed by atoms with Crippen LogP contribution < -0.4 is 21.0 Å². The highest BCUT2D eigenvalue weighted by Gasteiger charge is 2.18. The third-order valence-electron chi connectivity index (χ3n) is 3.86. The number of carbonyl (C=O) groups excluding carboxylic acids is 1. The second-order valence-electron chi connectivity index (χ2n) is 5.45. The molecule has 7 heteroatoms. The van der Waals surface area contributed by atoms with Crippen LogP contribution >= 0.6 is 0 Å². The first-order valence-corrected chi connectivity index (χ1v) is 7.61. The Balaban J connectivity index is 2.38. The van der Waals surface area contributed by atoms with Gasteiger partial charge in [0.2, 0.25) is 5.69 Å². The summed E-state index contributed by atoms with van der Waals surface area (Å²) in [5, 5.41) is 10.1. The van der Waals surface area contributed by atoms with Crippen LogP contribution in [0.4, 0.5) is 5.69 Å². The van der Waals surface area contributed by atoms with Gasteiger partial charge >= 0.3 is 5.55 Å². The number of carbonyl (C=O) groups is 1. The number of hydrogen-bond acceptors (Lipinski definition) is 5. The second kappa shape index (κ2) is 6.74. The first-order chi connectivity index (χ1) is 12.0. The van der Waals surface area contributed by atoms with Gasteiger partial charge in [-0.2, -0.15) is 4.99 Å². The molecule has 25 heavy (non-hydrogen) atoms. The molecule has 0 aliphatic rings. The summed E-state index contributed by atoms with van der Waals surface area (Å²) in [6.07, 6.45) is 1.55. The Morgan fingerprint density at radius 3 is 2.84 bits per heavy atom. The molecule has 0 aliphatic carbocycles. The normalized spacial score (nSPS) is 11.7. The highest BCUT2D eigenvalue weighted by Crippen LogP contribution is 2.20. The van der Waals surface area contributed by atoms with Crippen molar-refractivity contribution in [3.05, 3.63) is 58.9 Å². The number of nitrogens with zero attached hydrogens (tertiary/aromatic N) is 1. The number of amides is 1. The summed E-state index contributed by atoms with van der Waals surface area (Å²) < 4.78 is 11.2. The minimum absolute atomic E-state index is 0.165. The van der Waals surface area contributed by atoms with Crippen LogP contribution in [0.1, 0.15) is 21.6 Å². The summed E-state index contributed by atoms with van der Waals surface area (Å²) >= 11 is 0. The minimum atomic E-state index is -0.651. The third-order valence-corrected chi connectivity index (χ3v) is 3.86. The molecule has 2 aromatic heterocycles. The van der Waals surface area contributed by atoms with Crippen LogP contribution in [0.3, 0.4) is 0 Å². The van der Waals surface area contributed by atoms with E-state index in [1.54, 1.807) is 38.4 Å². The Morgan fingerprint density at radius 1 is 1.40 bits per heavy atom. The number of primary amides is 1. The Hall–Kier alpha value is -3.19. The molecule has 0 spiro atoms. The molecule has 4 N–H and O–H groups in total. The van der Waals surface area contributed by atoms with Crippen LogP contribution in [0.5, 0.6) is 5.75 Å². The van der Waals surface area contributed by atoms with Crippen LogP contribution in [-0.4, -0.2) is 23.1 Å². The number of ether oxygens (including phenoxy) is 1. The maximum atomic E-state index is 11.9. The van der Waals surface area contributed by atoms with Gasteiger partial charge in [-0.3, -0.25) is 9.78 Å². The second-order valence-corrected chi connectivity index (χ2v) is 5.45. The van der Waals surface area contributed by atoms with Gasteiger partial charge in [0.25, 0.3) is 5.91 Å². The van der Waals surface area contributed by atoms with Gasteiger partial charge in [-0.1, -0.05) is 12.1 Å². The monoisotopic (exact) mass is 340 g/mol. The topological polar surface area (TPSA) is 113 Å². The summed E-state index contributed by atoms with van der Waals surface area (Å²) in [6, 6.07) is 8.83. The predicted octanol–water partition coefficient (Wildman–Crippen LogP) is 0.0490. The highest BCUT2D eigenvalue weighted by atomic mass is 16.5. The van der Waals surface area contributed by atoms with Gasteiger partial charge < -0.3 is 20.0 Å². The molecular weight excluding hydrogens is 322 g/mol. The number of nitrogens with one attached hydrogen (secondary N) is 1. The number of aliphatic hydroxyl groups is 1. The molecule has 0 saturated carbocycles. The van der Waals surface area contributed by atoms with Crippen LogP contribution in [0.15, 0.2) is 40.9 Å². The minimum Gasteiger partial charge on any atom is -0.490 e. The van der Waals surface area contributed by atoms with Crippen molar-refractivity contribution in [2.75, 3.05) is 7.11 Å². The number of rotatable bonds is 4. The molecule has 2 heterocycles. The van der Waals surface area contributed by atoms with E-state index in [0.29, 0.717) is 33.7 Å².